The van der Waals surface area contributed by atoms with Gasteiger partial charge in [0.2, 0.25) is 6.29 Å². The standard InChI is InChI=1S/C19H28O12/c1-27-8-2-4-9(5-3-8)29-19-17(26)15(24)13(22)11(31-19)7-28-18-16(25)14(23)12(21)10(6-20)30-18/h2-5,10-26H,6-7H2,1H3/t10-,11-,12-,13-,14+,15+,16-,17-,18-,19-/m1/s1. The van der Waals surface area contributed by atoms with Crippen LogP contribution < -0.4 is 9.47 Å². The minimum Gasteiger partial charge on any atom is -0.497 e. The van der Waals surface area contributed by atoms with Gasteiger partial charge in [0, 0.05) is 0 Å². The molecule has 10 atom stereocenters. The quantitative estimate of drug-likeness (QED) is 0.220. The van der Waals surface area contributed by atoms with Crippen LogP contribution in [0.2, 0.25) is 0 Å². The van der Waals surface area contributed by atoms with E-state index >= 15 is 0 Å². The van der Waals surface area contributed by atoms with Crippen molar-refractivity contribution in [2.75, 3.05) is 20.3 Å². The van der Waals surface area contributed by atoms with Crippen LogP contribution in [0, 0.1) is 0 Å². The molecule has 1 aromatic rings. The molecule has 0 aliphatic carbocycles. The molecule has 0 bridgehead atoms. The second-order valence-electron chi connectivity index (χ2n) is 7.34. The molecule has 3 rings (SSSR count). The third kappa shape index (κ3) is 5.26. The van der Waals surface area contributed by atoms with Crippen LogP contribution >= 0.6 is 0 Å². The molecule has 31 heavy (non-hydrogen) atoms. The Morgan fingerprint density at radius 2 is 1.23 bits per heavy atom. The molecule has 2 saturated heterocycles. The summed E-state index contributed by atoms with van der Waals surface area (Å²) in [6, 6.07) is 6.36. The Kier molecular flexibility index (Phi) is 8.04. The van der Waals surface area contributed by atoms with E-state index in [9.17, 15) is 35.7 Å². The van der Waals surface area contributed by atoms with Gasteiger partial charge in [-0.3, -0.25) is 0 Å². The second kappa shape index (κ2) is 10.4. The molecule has 0 aromatic heterocycles. The highest BCUT2D eigenvalue weighted by Crippen LogP contribution is 2.27. The average molecular weight is 448 g/mol. The van der Waals surface area contributed by atoms with Crippen molar-refractivity contribution in [3.05, 3.63) is 24.3 Å². The first kappa shape index (κ1) is 24.1. The Labute approximate surface area is 177 Å². The van der Waals surface area contributed by atoms with Gasteiger partial charge < -0.3 is 59.4 Å². The maximum Gasteiger partial charge on any atom is 0.229 e. The largest absolute Gasteiger partial charge is 0.497 e. The van der Waals surface area contributed by atoms with E-state index in [2.05, 4.69) is 0 Å². The normalized spacial score (nSPS) is 41.0. The van der Waals surface area contributed by atoms with Crippen LogP contribution in [-0.2, 0) is 14.2 Å². The highest BCUT2D eigenvalue weighted by atomic mass is 16.7. The molecule has 12 heteroatoms. The van der Waals surface area contributed by atoms with Gasteiger partial charge in [0.1, 0.15) is 60.3 Å². The maximum atomic E-state index is 10.2. The Morgan fingerprint density at radius 1 is 0.710 bits per heavy atom. The molecular formula is C19H28O12. The van der Waals surface area contributed by atoms with Gasteiger partial charge >= 0.3 is 0 Å². The number of aliphatic hydroxyl groups excluding tert-OH is 7. The SMILES string of the molecule is COc1ccc(O[C@@H]2O[C@H](CO[C@@H]3O[C@H](CO)[C@@H](O)[C@H](O)[C@H]3O)[C@@H](O)[C@H](O)[C@H]2O)cc1. The van der Waals surface area contributed by atoms with E-state index in [-0.39, 0.29) is 0 Å². The number of aliphatic hydroxyl groups is 7. The average Bonchev–Trinajstić information content (AvgIpc) is 2.78. The minimum absolute atomic E-state index is 0.307. The van der Waals surface area contributed by atoms with Gasteiger partial charge in [0.15, 0.2) is 6.29 Å². The van der Waals surface area contributed by atoms with E-state index in [0.29, 0.717) is 11.5 Å². The van der Waals surface area contributed by atoms with Crippen LogP contribution in [0.4, 0.5) is 0 Å². The number of hydrogen-bond donors (Lipinski definition) is 7. The smallest absolute Gasteiger partial charge is 0.229 e. The predicted octanol–water partition coefficient (Wildman–Crippen LogP) is -3.30. The third-order valence-electron chi connectivity index (χ3n) is 5.25. The zero-order valence-electron chi connectivity index (χ0n) is 16.7. The van der Waals surface area contributed by atoms with Crippen LogP contribution in [0.25, 0.3) is 0 Å². The van der Waals surface area contributed by atoms with Crippen LogP contribution in [0.1, 0.15) is 0 Å². The van der Waals surface area contributed by atoms with E-state index in [1.807, 2.05) is 0 Å². The van der Waals surface area contributed by atoms with Crippen molar-refractivity contribution < 1.29 is 59.4 Å². The van der Waals surface area contributed by atoms with Crippen LogP contribution in [-0.4, -0.2) is 117 Å². The third-order valence-corrected chi connectivity index (χ3v) is 5.25. The van der Waals surface area contributed by atoms with E-state index < -0.39 is 74.6 Å². The van der Waals surface area contributed by atoms with E-state index in [0.717, 1.165) is 0 Å². The summed E-state index contributed by atoms with van der Waals surface area (Å²) >= 11 is 0. The molecule has 176 valence electrons. The van der Waals surface area contributed by atoms with Gasteiger partial charge in [-0.25, -0.2) is 0 Å². The molecule has 2 aliphatic rings. The Bertz CT molecular complexity index is 685. The summed E-state index contributed by atoms with van der Waals surface area (Å²) in [6.45, 7) is -1.06. The minimum atomic E-state index is -1.64. The first-order valence-corrected chi connectivity index (χ1v) is 9.69. The fourth-order valence-corrected chi connectivity index (χ4v) is 3.33. The van der Waals surface area contributed by atoms with Crippen molar-refractivity contribution in [2.24, 2.45) is 0 Å². The molecule has 1 aromatic carbocycles. The molecule has 0 radical (unpaired) electrons. The Morgan fingerprint density at radius 3 is 1.81 bits per heavy atom. The lowest BCUT2D eigenvalue weighted by Crippen LogP contribution is -2.62. The first-order valence-electron chi connectivity index (χ1n) is 9.69. The Balaban J connectivity index is 1.63. The highest BCUT2D eigenvalue weighted by Gasteiger charge is 2.47. The van der Waals surface area contributed by atoms with Gasteiger partial charge in [-0.15, -0.1) is 0 Å². The van der Waals surface area contributed by atoms with Gasteiger partial charge in [0.05, 0.1) is 20.3 Å². The zero-order valence-corrected chi connectivity index (χ0v) is 16.7. The van der Waals surface area contributed by atoms with Crippen molar-refractivity contribution >= 4 is 0 Å². The van der Waals surface area contributed by atoms with Gasteiger partial charge in [-0.1, -0.05) is 0 Å². The summed E-state index contributed by atoms with van der Waals surface area (Å²) in [5, 5.41) is 69.5. The summed E-state index contributed by atoms with van der Waals surface area (Å²) in [5.74, 6) is 0.890. The summed E-state index contributed by atoms with van der Waals surface area (Å²) in [7, 11) is 1.50. The Hall–Kier alpha value is -1.58. The van der Waals surface area contributed by atoms with Crippen molar-refractivity contribution in [2.45, 2.75) is 61.4 Å². The first-order chi connectivity index (χ1) is 14.8. The van der Waals surface area contributed by atoms with E-state index in [4.69, 9.17) is 23.7 Å². The van der Waals surface area contributed by atoms with Crippen molar-refractivity contribution in [3.8, 4) is 11.5 Å². The lowest BCUT2D eigenvalue weighted by Gasteiger charge is -2.42. The number of hydrogen-bond acceptors (Lipinski definition) is 12. The van der Waals surface area contributed by atoms with Crippen molar-refractivity contribution in [1.82, 2.24) is 0 Å². The molecule has 0 unspecified atom stereocenters. The molecule has 0 saturated carbocycles. The summed E-state index contributed by atoms with van der Waals surface area (Å²) < 4.78 is 26.7. The van der Waals surface area contributed by atoms with Gasteiger partial charge in [0.25, 0.3) is 0 Å². The van der Waals surface area contributed by atoms with E-state index in [1.54, 1.807) is 24.3 Å². The second-order valence-corrected chi connectivity index (χ2v) is 7.34. The van der Waals surface area contributed by atoms with E-state index in [1.165, 1.54) is 7.11 Å². The summed E-state index contributed by atoms with van der Waals surface area (Å²) in [4.78, 5) is 0. The summed E-state index contributed by atoms with van der Waals surface area (Å²) in [5.41, 5.74) is 0. The van der Waals surface area contributed by atoms with Crippen molar-refractivity contribution in [3.63, 3.8) is 0 Å². The molecule has 12 nitrogen and oxygen atoms in total. The molecular weight excluding hydrogens is 420 g/mol. The molecule has 7 N–H and O–H groups in total. The summed E-state index contributed by atoms with van der Waals surface area (Å²) in [6.07, 6.45) is -14.7. The molecule has 2 fully saturated rings. The fraction of sp³-hybridized carbons (Fsp3) is 0.684. The number of ether oxygens (including phenoxy) is 5. The van der Waals surface area contributed by atoms with Crippen molar-refractivity contribution in [1.29, 1.82) is 0 Å². The molecule has 0 amide bonds. The lowest BCUT2D eigenvalue weighted by atomic mass is 9.98. The van der Waals surface area contributed by atoms with Crippen LogP contribution in [0.3, 0.4) is 0 Å². The topological polar surface area (TPSA) is 188 Å². The molecule has 2 heterocycles. The molecule has 2 aliphatic heterocycles. The zero-order chi connectivity index (χ0) is 22.7. The molecule has 0 spiro atoms. The predicted molar refractivity (Wildman–Crippen MR) is 100 cm³/mol. The van der Waals surface area contributed by atoms with Gasteiger partial charge in [-0.05, 0) is 24.3 Å². The maximum absolute atomic E-state index is 10.2. The lowest BCUT2D eigenvalue weighted by molar-refractivity contribution is -0.323. The number of benzene rings is 1. The van der Waals surface area contributed by atoms with Crippen LogP contribution in [0.15, 0.2) is 24.3 Å². The number of methoxy groups -OCH3 is 1. The van der Waals surface area contributed by atoms with Gasteiger partial charge in [-0.2, -0.15) is 0 Å². The highest BCUT2D eigenvalue weighted by molar-refractivity contribution is 5.31. The van der Waals surface area contributed by atoms with Crippen LogP contribution in [0.5, 0.6) is 11.5 Å². The number of rotatable bonds is 7. The fourth-order valence-electron chi connectivity index (χ4n) is 3.33. The monoisotopic (exact) mass is 448 g/mol.